The van der Waals surface area contributed by atoms with E-state index in [0.717, 1.165) is 24.7 Å². The van der Waals surface area contributed by atoms with Gasteiger partial charge >= 0.3 is 5.97 Å². The number of ether oxygens (including phenoxy) is 1. The Bertz CT molecular complexity index is 735. The van der Waals surface area contributed by atoms with Crippen molar-refractivity contribution in [2.24, 2.45) is 39.9 Å². The van der Waals surface area contributed by atoms with E-state index in [-0.39, 0.29) is 5.97 Å². The van der Waals surface area contributed by atoms with E-state index in [9.17, 15) is 4.79 Å². The number of hydrogen-bond donors (Lipinski definition) is 0. The summed E-state index contributed by atoms with van der Waals surface area (Å²) >= 11 is 0. The average Bonchev–Trinajstić information content (AvgIpc) is 3.09. The molecule has 0 aliphatic heterocycles. The lowest BCUT2D eigenvalue weighted by Gasteiger charge is -2.61. The van der Waals surface area contributed by atoms with Crippen molar-refractivity contribution in [3.05, 3.63) is 11.1 Å². The van der Waals surface area contributed by atoms with Crippen LogP contribution >= 0.6 is 0 Å². The molecule has 3 saturated carbocycles. The number of esters is 1. The first-order chi connectivity index (χ1) is 15.1. The lowest BCUT2D eigenvalue weighted by Crippen LogP contribution is -2.51. The van der Waals surface area contributed by atoms with Crippen LogP contribution in [0.15, 0.2) is 11.1 Å². The molecular weight excluding hydrogens is 392 g/mol. The second-order valence-corrected chi connectivity index (χ2v) is 13.3. The van der Waals surface area contributed by atoms with Crippen LogP contribution in [0.5, 0.6) is 0 Å². The van der Waals surface area contributed by atoms with Crippen LogP contribution in [0.4, 0.5) is 0 Å². The lowest BCUT2D eigenvalue weighted by atomic mass is 9.43. The molecule has 0 aromatic carbocycles. The highest BCUT2D eigenvalue weighted by Crippen LogP contribution is 2.69. The second-order valence-electron chi connectivity index (χ2n) is 13.3. The fourth-order valence-electron chi connectivity index (χ4n) is 8.80. The van der Waals surface area contributed by atoms with E-state index in [1.54, 1.807) is 0 Å². The first kappa shape index (κ1) is 24.3. The standard InChI is InChI=1S/C30H50O2/c1-21(2)15-20-32-27(31)12-9-22(3)24-10-11-25-23-13-18-28(4)16-7-8-17-30(28,6)26(23)14-19-29(24,25)5/h21-22,24,26H,7-20H2,1-6H3/t22-,24?,26?,28?,29+,30+/m0/s1. The molecule has 0 heterocycles. The maximum Gasteiger partial charge on any atom is 0.305 e. The van der Waals surface area contributed by atoms with Gasteiger partial charge in [0.05, 0.1) is 6.61 Å². The summed E-state index contributed by atoms with van der Waals surface area (Å²) in [4.78, 5) is 12.3. The maximum absolute atomic E-state index is 12.3. The van der Waals surface area contributed by atoms with Gasteiger partial charge in [0.2, 0.25) is 0 Å². The zero-order chi connectivity index (χ0) is 23.1. The zero-order valence-electron chi connectivity index (χ0n) is 22.0. The Morgan fingerprint density at radius 2 is 1.72 bits per heavy atom. The van der Waals surface area contributed by atoms with E-state index in [4.69, 9.17) is 4.74 Å². The molecule has 0 spiro atoms. The summed E-state index contributed by atoms with van der Waals surface area (Å²) in [5.41, 5.74) is 5.25. The minimum atomic E-state index is 0.0136. The van der Waals surface area contributed by atoms with Gasteiger partial charge in [-0.05, 0) is 104 Å². The van der Waals surface area contributed by atoms with Crippen LogP contribution in [0.1, 0.15) is 125 Å². The quantitative estimate of drug-likeness (QED) is 0.292. The monoisotopic (exact) mass is 442 g/mol. The van der Waals surface area contributed by atoms with Crippen LogP contribution in [-0.4, -0.2) is 12.6 Å². The van der Waals surface area contributed by atoms with Crippen molar-refractivity contribution in [1.29, 1.82) is 0 Å². The predicted octanol–water partition coefficient (Wildman–Crippen LogP) is 8.50. The van der Waals surface area contributed by atoms with Gasteiger partial charge in [-0.2, -0.15) is 0 Å². The van der Waals surface area contributed by atoms with Gasteiger partial charge in [-0.25, -0.2) is 0 Å². The largest absolute Gasteiger partial charge is 0.466 e. The predicted molar refractivity (Wildman–Crippen MR) is 133 cm³/mol. The van der Waals surface area contributed by atoms with Gasteiger partial charge < -0.3 is 4.74 Å². The Hall–Kier alpha value is -0.790. The maximum atomic E-state index is 12.3. The number of allylic oxidation sites excluding steroid dienone is 2. The molecule has 0 aromatic heterocycles. The van der Waals surface area contributed by atoms with Crippen molar-refractivity contribution < 1.29 is 9.53 Å². The summed E-state index contributed by atoms with van der Waals surface area (Å²) in [6, 6.07) is 0. The third-order valence-electron chi connectivity index (χ3n) is 11.2. The molecule has 32 heavy (non-hydrogen) atoms. The fourth-order valence-corrected chi connectivity index (χ4v) is 8.80. The molecule has 2 nitrogen and oxygen atoms in total. The van der Waals surface area contributed by atoms with Crippen molar-refractivity contribution >= 4 is 5.97 Å². The van der Waals surface area contributed by atoms with Gasteiger partial charge in [0, 0.05) is 6.42 Å². The molecule has 6 atom stereocenters. The van der Waals surface area contributed by atoms with Crippen molar-refractivity contribution in [1.82, 2.24) is 0 Å². The molecule has 2 heteroatoms. The molecular formula is C30H50O2. The lowest BCUT2D eigenvalue weighted by molar-refractivity contribution is -0.144. The zero-order valence-corrected chi connectivity index (χ0v) is 22.0. The minimum Gasteiger partial charge on any atom is -0.466 e. The minimum absolute atomic E-state index is 0.0136. The topological polar surface area (TPSA) is 26.3 Å². The Kier molecular flexibility index (Phi) is 6.92. The van der Waals surface area contributed by atoms with E-state index in [1.807, 2.05) is 11.1 Å². The molecule has 3 unspecified atom stereocenters. The van der Waals surface area contributed by atoms with Crippen LogP contribution in [0.2, 0.25) is 0 Å². The molecule has 4 aliphatic carbocycles. The molecule has 0 radical (unpaired) electrons. The molecule has 3 fully saturated rings. The van der Waals surface area contributed by atoms with Gasteiger partial charge in [-0.3, -0.25) is 4.79 Å². The van der Waals surface area contributed by atoms with Gasteiger partial charge in [0.25, 0.3) is 0 Å². The highest BCUT2D eigenvalue weighted by Gasteiger charge is 2.58. The van der Waals surface area contributed by atoms with E-state index < -0.39 is 0 Å². The second kappa shape index (κ2) is 9.10. The normalized spacial score (nSPS) is 40.0. The summed E-state index contributed by atoms with van der Waals surface area (Å²) in [6.07, 6.45) is 16.5. The van der Waals surface area contributed by atoms with E-state index in [2.05, 4.69) is 41.5 Å². The number of rotatable bonds is 7. The van der Waals surface area contributed by atoms with Gasteiger partial charge in [0.1, 0.15) is 0 Å². The van der Waals surface area contributed by atoms with Gasteiger partial charge in [0.15, 0.2) is 0 Å². The fraction of sp³-hybridized carbons (Fsp3) is 0.900. The Labute approximate surface area is 198 Å². The van der Waals surface area contributed by atoms with Crippen LogP contribution in [0.3, 0.4) is 0 Å². The van der Waals surface area contributed by atoms with Crippen molar-refractivity contribution in [3.63, 3.8) is 0 Å². The molecule has 0 N–H and O–H groups in total. The third-order valence-corrected chi connectivity index (χ3v) is 11.2. The molecule has 0 aromatic rings. The molecule has 182 valence electrons. The van der Waals surface area contributed by atoms with E-state index in [0.29, 0.717) is 41.1 Å². The molecule has 4 rings (SSSR count). The SMILES string of the molecule is CC(C)CCOC(=O)CC[C@H](C)C1CCC2=C3CCC4(C)CCCC[C@]4(C)C3CC[C@@]21C. The van der Waals surface area contributed by atoms with Crippen molar-refractivity contribution in [2.45, 2.75) is 125 Å². The first-order valence-electron chi connectivity index (χ1n) is 14.0. The summed E-state index contributed by atoms with van der Waals surface area (Å²) in [5.74, 6) is 2.79. The Morgan fingerprint density at radius 3 is 2.47 bits per heavy atom. The van der Waals surface area contributed by atoms with Gasteiger partial charge in [-0.1, -0.05) is 65.5 Å². The number of carbonyl (C=O) groups excluding carboxylic acids is 1. The van der Waals surface area contributed by atoms with E-state index in [1.165, 1.54) is 64.2 Å². The Balaban J connectivity index is 1.44. The highest BCUT2D eigenvalue weighted by molar-refractivity contribution is 5.69. The third kappa shape index (κ3) is 4.11. The number of carbonyl (C=O) groups is 1. The molecule has 0 bridgehead atoms. The number of fused-ring (bicyclic) bond motifs is 4. The molecule has 4 aliphatic rings. The first-order valence-corrected chi connectivity index (χ1v) is 14.0. The van der Waals surface area contributed by atoms with Crippen LogP contribution in [-0.2, 0) is 9.53 Å². The summed E-state index contributed by atoms with van der Waals surface area (Å²) < 4.78 is 5.49. The molecule has 0 saturated heterocycles. The average molecular weight is 443 g/mol. The van der Waals surface area contributed by atoms with Crippen LogP contribution in [0, 0.1) is 39.9 Å². The number of hydrogen-bond acceptors (Lipinski definition) is 2. The van der Waals surface area contributed by atoms with Crippen LogP contribution in [0.25, 0.3) is 0 Å². The highest BCUT2D eigenvalue weighted by atomic mass is 16.5. The van der Waals surface area contributed by atoms with E-state index >= 15 is 0 Å². The summed E-state index contributed by atoms with van der Waals surface area (Å²) in [6.45, 7) is 15.2. The Morgan fingerprint density at radius 1 is 0.969 bits per heavy atom. The summed E-state index contributed by atoms with van der Waals surface area (Å²) in [7, 11) is 0. The molecule has 0 amide bonds. The van der Waals surface area contributed by atoms with Gasteiger partial charge in [-0.15, -0.1) is 0 Å². The van der Waals surface area contributed by atoms with Crippen molar-refractivity contribution in [3.8, 4) is 0 Å². The smallest absolute Gasteiger partial charge is 0.305 e. The van der Waals surface area contributed by atoms with Crippen LogP contribution < -0.4 is 0 Å². The summed E-state index contributed by atoms with van der Waals surface area (Å²) in [5, 5.41) is 0. The van der Waals surface area contributed by atoms with Crippen molar-refractivity contribution in [2.75, 3.05) is 6.61 Å².